The standard InChI is InChI=1S/C31H33BrN2O8S/c1-7-39-25(35)16-41-28-21(32)13-19(14-23(28)38-6)15-24-29(36)34-27(20-11-9-10-12-22(20)42-17(3)4)26(30(37)40-8-2)18(5)33-31(34)43-24/h9-15,17,27H,7-8,16H2,1-6H3/b24-15+/t27-/m0/s1. The van der Waals surface area contributed by atoms with Crippen molar-refractivity contribution < 1.29 is 33.3 Å². The van der Waals surface area contributed by atoms with Crippen LogP contribution in [0, 0.1) is 0 Å². The number of esters is 2. The molecule has 0 saturated carbocycles. The van der Waals surface area contributed by atoms with Gasteiger partial charge >= 0.3 is 11.9 Å². The number of methoxy groups -OCH3 is 1. The van der Waals surface area contributed by atoms with E-state index < -0.39 is 18.0 Å². The molecule has 0 saturated heterocycles. The number of fused-ring (bicyclic) bond motifs is 1. The van der Waals surface area contributed by atoms with E-state index in [0.29, 0.717) is 47.9 Å². The van der Waals surface area contributed by atoms with Gasteiger partial charge in [0.05, 0.1) is 46.7 Å². The van der Waals surface area contributed by atoms with Gasteiger partial charge in [-0.25, -0.2) is 14.6 Å². The van der Waals surface area contributed by atoms with Gasteiger partial charge < -0.3 is 23.7 Å². The lowest BCUT2D eigenvalue weighted by Gasteiger charge is -2.26. The van der Waals surface area contributed by atoms with E-state index in [1.807, 2.05) is 38.1 Å². The van der Waals surface area contributed by atoms with Gasteiger partial charge in [-0.3, -0.25) is 9.36 Å². The number of para-hydroxylation sites is 1. The lowest BCUT2D eigenvalue weighted by atomic mass is 9.95. The minimum absolute atomic E-state index is 0.134. The topological polar surface area (TPSA) is 115 Å². The Morgan fingerprint density at radius 2 is 1.84 bits per heavy atom. The van der Waals surface area contributed by atoms with Crippen molar-refractivity contribution in [2.24, 2.45) is 4.99 Å². The molecule has 0 fully saturated rings. The van der Waals surface area contributed by atoms with Crippen LogP contribution in [0.25, 0.3) is 6.08 Å². The molecule has 0 N–H and O–H groups in total. The summed E-state index contributed by atoms with van der Waals surface area (Å²) in [6.45, 7) is 9.14. The first-order valence-corrected chi connectivity index (χ1v) is 15.3. The SMILES string of the molecule is CCOC(=O)COc1c(Br)cc(/C=c2/sc3n(c2=O)[C@@H](c2ccccc2OC(C)C)C(C(=O)OCC)=C(C)N=3)cc1OC. The quantitative estimate of drug-likeness (QED) is 0.277. The summed E-state index contributed by atoms with van der Waals surface area (Å²) in [7, 11) is 1.48. The molecule has 1 aliphatic rings. The molecule has 1 atom stereocenters. The van der Waals surface area contributed by atoms with Crippen molar-refractivity contribution in [1.82, 2.24) is 4.57 Å². The van der Waals surface area contributed by atoms with Crippen molar-refractivity contribution in [2.75, 3.05) is 26.9 Å². The third-order valence-electron chi connectivity index (χ3n) is 6.28. The summed E-state index contributed by atoms with van der Waals surface area (Å²) in [5.41, 5.74) is 1.68. The van der Waals surface area contributed by atoms with Crippen molar-refractivity contribution in [3.05, 3.63) is 83.0 Å². The highest BCUT2D eigenvalue weighted by atomic mass is 79.9. The number of allylic oxidation sites excluding steroid dienone is 1. The Labute approximate surface area is 261 Å². The number of ether oxygens (including phenoxy) is 5. The van der Waals surface area contributed by atoms with E-state index in [0.717, 1.165) is 0 Å². The number of halogens is 1. The lowest BCUT2D eigenvalue weighted by molar-refractivity contribution is -0.145. The highest BCUT2D eigenvalue weighted by molar-refractivity contribution is 9.10. The first-order chi connectivity index (χ1) is 20.6. The molecule has 1 aliphatic heterocycles. The molecule has 0 radical (unpaired) electrons. The van der Waals surface area contributed by atoms with Gasteiger partial charge in [0.1, 0.15) is 11.8 Å². The Kier molecular flexibility index (Phi) is 10.5. The van der Waals surface area contributed by atoms with E-state index in [2.05, 4.69) is 20.9 Å². The van der Waals surface area contributed by atoms with Crippen LogP contribution < -0.4 is 29.1 Å². The van der Waals surface area contributed by atoms with Crippen molar-refractivity contribution in [3.8, 4) is 17.2 Å². The minimum atomic E-state index is -0.813. The fourth-order valence-corrected chi connectivity index (χ4v) is 6.22. The van der Waals surface area contributed by atoms with Crippen molar-refractivity contribution in [2.45, 2.75) is 46.8 Å². The molecule has 12 heteroatoms. The molecule has 10 nitrogen and oxygen atoms in total. The Hall–Kier alpha value is -3.90. The fourth-order valence-electron chi connectivity index (χ4n) is 4.60. The molecule has 0 unspecified atom stereocenters. The minimum Gasteiger partial charge on any atom is -0.493 e. The van der Waals surface area contributed by atoms with Gasteiger partial charge in [-0.05, 0) is 80.4 Å². The second-order valence-corrected chi connectivity index (χ2v) is 11.5. The van der Waals surface area contributed by atoms with Gasteiger partial charge in [-0.15, -0.1) is 0 Å². The first-order valence-electron chi connectivity index (χ1n) is 13.7. The van der Waals surface area contributed by atoms with Gasteiger partial charge in [0.2, 0.25) is 0 Å². The van der Waals surface area contributed by atoms with Crippen LogP contribution in [-0.2, 0) is 19.1 Å². The number of rotatable bonds is 11. The highest BCUT2D eigenvalue weighted by Crippen LogP contribution is 2.38. The Bertz CT molecular complexity index is 1740. The summed E-state index contributed by atoms with van der Waals surface area (Å²) in [5.74, 6) is 0.186. The summed E-state index contributed by atoms with van der Waals surface area (Å²) >= 11 is 4.68. The molecule has 43 heavy (non-hydrogen) atoms. The number of carbonyl (C=O) groups excluding carboxylic acids is 2. The second kappa shape index (κ2) is 14.0. The van der Waals surface area contributed by atoms with E-state index in [4.69, 9.17) is 23.7 Å². The average molecular weight is 674 g/mol. The molecule has 228 valence electrons. The van der Waals surface area contributed by atoms with Crippen LogP contribution in [0.3, 0.4) is 0 Å². The maximum absolute atomic E-state index is 14.1. The first kappa shape index (κ1) is 32.0. The zero-order valence-electron chi connectivity index (χ0n) is 24.8. The fraction of sp³-hybridized carbons (Fsp3) is 0.355. The summed E-state index contributed by atoms with van der Waals surface area (Å²) in [6.07, 6.45) is 1.58. The molecule has 0 aliphatic carbocycles. The molecule has 4 rings (SSSR count). The second-order valence-electron chi connectivity index (χ2n) is 9.63. The summed E-state index contributed by atoms with van der Waals surface area (Å²) < 4.78 is 30.0. The number of carbonyl (C=O) groups is 2. The summed E-state index contributed by atoms with van der Waals surface area (Å²) in [5, 5.41) is 0. The van der Waals surface area contributed by atoms with Crippen LogP contribution in [0.1, 0.15) is 51.8 Å². The number of nitrogens with zero attached hydrogens (tertiary/aromatic N) is 2. The van der Waals surface area contributed by atoms with Crippen LogP contribution in [0.2, 0.25) is 0 Å². The van der Waals surface area contributed by atoms with Gasteiger partial charge in [-0.1, -0.05) is 29.5 Å². The van der Waals surface area contributed by atoms with E-state index in [1.54, 1.807) is 39.0 Å². The zero-order chi connectivity index (χ0) is 31.3. The molecule has 0 bridgehead atoms. The number of aromatic nitrogens is 1. The van der Waals surface area contributed by atoms with Gasteiger partial charge in [-0.2, -0.15) is 0 Å². The highest BCUT2D eigenvalue weighted by Gasteiger charge is 2.35. The number of hydrogen-bond acceptors (Lipinski definition) is 10. The van der Waals surface area contributed by atoms with Gasteiger partial charge in [0.25, 0.3) is 5.56 Å². The third-order valence-corrected chi connectivity index (χ3v) is 7.85. The Balaban J connectivity index is 1.86. The predicted molar refractivity (Wildman–Crippen MR) is 165 cm³/mol. The molecule has 0 amide bonds. The molecule has 3 aromatic rings. The molecular formula is C31H33BrN2O8S. The van der Waals surface area contributed by atoms with E-state index in [1.165, 1.54) is 23.0 Å². The summed E-state index contributed by atoms with van der Waals surface area (Å²) in [4.78, 5) is 44.2. The van der Waals surface area contributed by atoms with Crippen LogP contribution in [0.15, 0.2) is 61.9 Å². The lowest BCUT2D eigenvalue weighted by Crippen LogP contribution is -2.40. The third kappa shape index (κ3) is 7.02. The van der Waals surface area contributed by atoms with E-state index in [9.17, 15) is 14.4 Å². The van der Waals surface area contributed by atoms with Crippen LogP contribution >= 0.6 is 27.3 Å². The normalized spacial score (nSPS) is 14.7. The van der Waals surface area contributed by atoms with Crippen LogP contribution in [0.4, 0.5) is 0 Å². The number of benzene rings is 2. The number of thiazole rings is 1. The molecule has 2 heterocycles. The Morgan fingerprint density at radius 1 is 1.12 bits per heavy atom. The zero-order valence-corrected chi connectivity index (χ0v) is 27.2. The van der Waals surface area contributed by atoms with Crippen LogP contribution in [0.5, 0.6) is 17.2 Å². The maximum atomic E-state index is 14.1. The van der Waals surface area contributed by atoms with Crippen molar-refractivity contribution in [3.63, 3.8) is 0 Å². The van der Waals surface area contributed by atoms with E-state index >= 15 is 0 Å². The van der Waals surface area contributed by atoms with Crippen LogP contribution in [-0.4, -0.2) is 49.5 Å². The summed E-state index contributed by atoms with van der Waals surface area (Å²) in [6, 6.07) is 9.98. The van der Waals surface area contributed by atoms with Gasteiger partial charge in [0.15, 0.2) is 22.9 Å². The Morgan fingerprint density at radius 3 is 2.51 bits per heavy atom. The molecular weight excluding hydrogens is 640 g/mol. The predicted octanol–water partition coefficient (Wildman–Crippen LogP) is 4.30. The largest absolute Gasteiger partial charge is 0.493 e. The smallest absolute Gasteiger partial charge is 0.344 e. The average Bonchev–Trinajstić information content (AvgIpc) is 3.25. The van der Waals surface area contributed by atoms with Crippen molar-refractivity contribution in [1.29, 1.82) is 0 Å². The maximum Gasteiger partial charge on any atom is 0.344 e. The van der Waals surface area contributed by atoms with Crippen molar-refractivity contribution >= 4 is 45.3 Å². The molecule has 0 spiro atoms. The monoisotopic (exact) mass is 672 g/mol. The molecule has 2 aromatic carbocycles. The number of hydrogen-bond donors (Lipinski definition) is 0. The molecule has 1 aromatic heterocycles. The van der Waals surface area contributed by atoms with Gasteiger partial charge in [0, 0.05) is 5.56 Å². The van der Waals surface area contributed by atoms with E-state index in [-0.39, 0.29) is 37.1 Å².